The van der Waals surface area contributed by atoms with Gasteiger partial charge in [0.1, 0.15) is 0 Å². The predicted molar refractivity (Wildman–Crippen MR) is 138 cm³/mol. The Labute approximate surface area is 209 Å². The average molecular weight is 483 g/mol. The third-order valence-corrected chi connectivity index (χ3v) is 10.2. The van der Waals surface area contributed by atoms with Crippen molar-refractivity contribution in [1.82, 2.24) is 5.32 Å². The van der Waals surface area contributed by atoms with Crippen LogP contribution in [0.3, 0.4) is 0 Å². The van der Waals surface area contributed by atoms with Crippen molar-refractivity contribution in [2.24, 2.45) is 34.5 Å². The quantitative estimate of drug-likeness (QED) is 0.506. The molecule has 3 fully saturated rings. The fourth-order valence-electron chi connectivity index (χ4n) is 8.07. The van der Waals surface area contributed by atoms with Gasteiger partial charge in [0.2, 0.25) is 5.91 Å². The monoisotopic (exact) mass is 482 g/mol. The number of benzene rings is 1. The molecule has 0 radical (unpaired) electrons. The Kier molecular flexibility index (Phi) is 5.71. The molecule has 2 N–H and O–H groups in total. The van der Waals surface area contributed by atoms with E-state index in [1.807, 2.05) is 24.3 Å². The molecule has 2 saturated carbocycles. The van der Waals surface area contributed by atoms with Gasteiger partial charge < -0.3 is 10.6 Å². The van der Waals surface area contributed by atoms with Crippen molar-refractivity contribution in [3.63, 3.8) is 0 Å². The Bertz CT molecular complexity index is 1060. The third kappa shape index (κ3) is 3.72. The van der Waals surface area contributed by atoms with Gasteiger partial charge in [-0.1, -0.05) is 52.3 Å². The molecule has 0 aromatic heterocycles. The Morgan fingerprint density at radius 3 is 2.62 bits per heavy atom. The molecule has 1 aliphatic heterocycles. The first-order valence-corrected chi connectivity index (χ1v) is 13.4. The van der Waals surface area contributed by atoms with Gasteiger partial charge in [-0.15, -0.1) is 0 Å². The number of amides is 1. The lowest BCUT2D eigenvalue weighted by Crippen LogP contribution is -2.57. The smallest absolute Gasteiger partial charge is 0.228 e. The molecule has 1 saturated heterocycles. The largest absolute Gasteiger partial charge is 0.387 e. The van der Waals surface area contributed by atoms with E-state index in [9.17, 15) is 9.59 Å². The van der Waals surface area contributed by atoms with Crippen molar-refractivity contribution in [3.05, 3.63) is 40.6 Å². The molecule has 1 aromatic rings. The molecule has 5 heteroatoms. The first-order valence-electron chi connectivity index (χ1n) is 13.0. The van der Waals surface area contributed by atoms with E-state index in [1.165, 1.54) is 0 Å². The molecule has 0 bridgehead atoms. The maximum Gasteiger partial charge on any atom is 0.228 e. The van der Waals surface area contributed by atoms with Crippen LogP contribution < -0.4 is 10.6 Å². The summed E-state index contributed by atoms with van der Waals surface area (Å²) in [6.45, 7) is 12.2. The van der Waals surface area contributed by atoms with Crippen LogP contribution in [0.25, 0.3) is 0 Å². The van der Waals surface area contributed by atoms with E-state index >= 15 is 0 Å². The van der Waals surface area contributed by atoms with Gasteiger partial charge in [0, 0.05) is 46.8 Å². The van der Waals surface area contributed by atoms with E-state index in [2.05, 4.69) is 45.3 Å². The fraction of sp³-hybridized carbons (Fsp3) is 0.655. The van der Waals surface area contributed by atoms with Crippen molar-refractivity contribution in [2.45, 2.75) is 78.6 Å². The molecule has 1 heterocycles. The molecule has 1 aromatic carbocycles. The van der Waals surface area contributed by atoms with E-state index < -0.39 is 0 Å². The van der Waals surface area contributed by atoms with Crippen LogP contribution >= 0.6 is 11.6 Å². The summed E-state index contributed by atoms with van der Waals surface area (Å²) >= 11 is 6.32. The van der Waals surface area contributed by atoms with Crippen LogP contribution in [-0.4, -0.2) is 18.2 Å². The van der Waals surface area contributed by atoms with Crippen LogP contribution in [0.4, 0.5) is 5.69 Å². The first kappa shape index (κ1) is 23.9. The van der Waals surface area contributed by atoms with Gasteiger partial charge in [-0.3, -0.25) is 9.59 Å². The fourth-order valence-corrected chi connectivity index (χ4v) is 8.24. The Morgan fingerprint density at radius 1 is 1.12 bits per heavy atom. The summed E-state index contributed by atoms with van der Waals surface area (Å²) in [7, 11) is 0. The maximum atomic E-state index is 13.7. The van der Waals surface area contributed by atoms with Crippen LogP contribution in [0.1, 0.15) is 78.7 Å². The van der Waals surface area contributed by atoms with Gasteiger partial charge in [0.05, 0.1) is 0 Å². The van der Waals surface area contributed by atoms with Crippen molar-refractivity contribution < 1.29 is 9.59 Å². The molecule has 34 heavy (non-hydrogen) atoms. The van der Waals surface area contributed by atoms with Crippen LogP contribution in [0, 0.1) is 34.5 Å². The van der Waals surface area contributed by atoms with E-state index in [4.69, 9.17) is 11.6 Å². The second-order valence-corrected chi connectivity index (χ2v) is 13.2. The number of hydrogen-bond acceptors (Lipinski definition) is 3. The van der Waals surface area contributed by atoms with Crippen molar-refractivity contribution in [3.8, 4) is 0 Å². The third-order valence-electron chi connectivity index (χ3n) is 9.96. The number of fused-ring (bicyclic) bond motifs is 5. The molecule has 184 valence electrons. The molecule has 0 spiro atoms. The highest BCUT2D eigenvalue weighted by atomic mass is 35.5. The number of nitrogens with one attached hydrogen (secondary N) is 2. The normalized spacial score (nSPS) is 37.1. The van der Waals surface area contributed by atoms with Crippen LogP contribution in [0.2, 0.25) is 5.02 Å². The van der Waals surface area contributed by atoms with E-state index in [0.29, 0.717) is 29.2 Å². The number of carbonyl (C=O) groups is 2. The van der Waals surface area contributed by atoms with Gasteiger partial charge in [-0.25, -0.2) is 0 Å². The van der Waals surface area contributed by atoms with E-state index in [-0.39, 0.29) is 33.9 Å². The highest BCUT2D eigenvalue weighted by Gasteiger charge is 2.60. The standard InChI is InChI=1S/C29H39ClN2O2/c1-27(2,3)22-7-6-17(30)14-24(22)32-26(34)23-9-8-20-19-16-31-25-15-18(33)10-12-29(25,5)21(19)11-13-28(20,23)4/h6-7,14-15,19-21,23,31H,8-13,16H2,1-5H3,(H,32,34)/t19?,20?,21?,23-,28+,29-/m1/s1. The second-order valence-electron chi connectivity index (χ2n) is 12.8. The summed E-state index contributed by atoms with van der Waals surface area (Å²) in [6, 6.07) is 5.84. The molecule has 4 aliphatic rings. The number of piperidine rings is 1. The number of allylic oxidation sites excluding steroid dienone is 2. The van der Waals surface area contributed by atoms with Crippen LogP contribution in [0.15, 0.2) is 30.0 Å². The lowest BCUT2D eigenvalue weighted by atomic mass is 9.50. The minimum absolute atomic E-state index is 0.00939. The van der Waals surface area contributed by atoms with E-state index in [0.717, 1.165) is 55.6 Å². The summed E-state index contributed by atoms with van der Waals surface area (Å²) in [5.41, 5.74) is 3.12. The minimum atomic E-state index is -0.0802. The second kappa shape index (κ2) is 8.11. The van der Waals surface area contributed by atoms with Gasteiger partial charge in [-0.05, 0) is 78.4 Å². The number of anilines is 1. The number of ketones is 1. The Hall–Kier alpha value is -1.81. The SMILES string of the molecule is CC(C)(C)c1ccc(Cl)cc1NC(=O)[C@H]1CCC2C3CNC4=CC(=O)CC[C@]4(C)C3CC[C@@]21C. The molecule has 4 nitrogen and oxygen atoms in total. The Morgan fingerprint density at radius 2 is 1.88 bits per heavy atom. The molecule has 1 amide bonds. The zero-order chi connectivity index (χ0) is 24.5. The number of rotatable bonds is 2. The molecule has 3 unspecified atom stereocenters. The highest BCUT2D eigenvalue weighted by molar-refractivity contribution is 6.31. The summed E-state index contributed by atoms with van der Waals surface area (Å²) < 4.78 is 0. The van der Waals surface area contributed by atoms with Gasteiger partial charge in [-0.2, -0.15) is 0 Å². The highest BCUT2D eigenvalue weighted by Crippen LogP contribution is 2.64. The van der Waals surface area contributed by atoms with Gasteiger partial charge in [0.15, 0.2) is 5.78 Å². The molecular formula is C29H39ClN2O2. The van der Waals surface area contributed by atoms with Crippen molar-refractivity contribution in [1.29, 1.82) is 0 Å². The minimum Gasteiger partial charge on any atom is -0.387 e. The number of carbonyl (C=O) groups excluding carboxylic acids is 2. The first-order chi connectivity index (χ1) is 15.9. The Balaban J connectivity index is 1.38. The zero-order valence-electron chi connectivity index (χ0n) is 21.3. The van der Waals surface area contributed by atoms with Crippen molar-refractivity contribution in [2.75, 3.05) is 11.9 Å². The molecule has 3 aliphatic carbocycles. The topological polar surface area (TPSA) is 58.2 Å². The summed E-state index contributed by atoms with van der Waals surface area (Å²) in [6.07, 6.45) is 7.74. The number of hydrogen-bond donors (Lipinski definition) is 2. The number of halogens is 1. The van der Waals surface area contributed by atoms with Gasteiger partial charge in [0.25, 0.3) is 0 Å². The lowest BCUT2D eigenvalue weighted by molar-refractivity contribution is -0.127. The van der Waals surface area contributed by atoms with Crippen LogP contribution in [-0.2, 0) is 15.0 Å². The summed E-state index contributed by atoms with van der Waals surface area (Å²) in [5, 5.41) is 7.61. The lowest BCUT2D eigenvalue weighted by Gasteiger charge is -2.58. The zero-order valence-corrected chi connectivity index (χ0v) is 22.0. The van der Waals surface area contributed by atoms with Crippen LogP contribution in [0.5, 0.6) is 0 Å². The average Bonchev–Trinajstić information content (AvgIpc) is 3.11. The molecule has 5 rings (SSSR count). The van der Waals surface area contributed by atoms with E-state index in [1.54, 1.807) is 0 Å². The van der Waals surface area contributed by atoms with Gasteiger partial charge >= 0.3 is 0 Å². The van der Waals surface area contributed by atoms with Crippen molar-refractivity contribution >= 4 is 29.0 Å². The molecular weight excluding hydrogens is 444 g/mol. The summed E-state index contributed by atoms with van der Waals surface area (Å²) in [5.74, 6) is 2.11. The predicted octanol–water partition coefficient (Wildman–Crippen LogP) is 6.49. The molecule has 6 atom stereocenters. The maximum absolute atomic E-state index is 13.7. The summed E-state index contributed by atoms with van der Waals surface area (Å²) in [4.78, 5) is 25.8.